The number of nitrogens with one attached hydrogen (secondary N) is 2. The molecular weight excluding hydrogens is 292 g/mol. The normalized spacial score (nSPS) is 15.3. The summed E-state index contributed by atoms with van der Waals surface area (Å²) in [5.41, 5.74) is 3.16. The zero-order valence-corrected chi connectivity index (χ0v) is 13.5. The van der Waals surface area contributed by atoms with Crippen molar-refractivity contribution in [3.05, 3.63) is 29.5 Å². The van der Waals surface area contributed by atoms with Crippen LogP contribution in [0, 0.1) is 6.92 Å². The van der Waals surface area contributed by atoms with Gasteiger partial charge in [-0.05, 0) is 31.0 Å². The Hall–Kier alpha value is -2.25. The monoisotopic (exact) mass is 314 g/mol. The number of aliphatic imine (C=N–C) groups is 1. The fourth-order valence-corrected chi connectivity index (χ4v) is 2.55. The van der Waals surface area contributed by atoms with Gasteiger partial charge in [0, 0.05) is 11.9 Å². The number of aryl methyl sites for hydroxylation is 2. The molecule has 0 atom stereocenters. The molecule has 1 aromatic carbocycles. The molecule has 0 radical (unpaired) electrons. The van der Waals surface area contributed by atoms with E-state index < -0.39 is 0 Å². The van der Waals surface area contributed by atoms with Gasteiger partial charge in [-0.25, -0.2) is 15.0 Å². The Morgan fingerprint density at radius 3 is 2.91 bits per heavy atom. The number of β-amino-alcohol motifs (C(OH)–C–C–N with tert-alkyl or cyclic N) is 1. The van der Waals surface area contributed by atoms with Crippen molar-refractivity contribution in [2.75, 3.05) is 31.8 Å². The number of hydrogen-bond acceptors (Lipinski definition) is 7. The second kappa shape index (κ2) is 6.89. The maximum Gasteiger partial charge on any atom is 0.230 e. The number of guanidine groups is 1. The molecule has 7 nitrogen and oxygen atoms in total. The van der Waals surface area contributed by atoms with E-state index in [1.54, 1.807) is 0 Å². The molecule has 0 amide bonds. The van der Waals surface area contributed by atoms with Crippen molar-refractivity contribution in [1.29, 1.82) is 0 Å². The van der Waals surface area contributed by atoms with Crippen molar-refractivity contribution in [3.8, 4) is 0 Å². The summed E-state index contributed by atoms with van der Waals surface area (Å²) in [4.78, 5) is 15.5. The maximum absolute atomic E-state index is 8.93. The lowest BCUT2D eigenvalue weighted by Gasteiger charge is -2.26. The van der Waals surface area contributed by atoms with Gasteiger partial charge in [0.1, 0.15) is 0 Å². The highest BCUT2D eigenvalue weighted by Crippen LogP contribution is 2.19. The summed E-state index contributed by atoms with van der Waals surface area (Å²) < 4.78 is 0. The van der Waals surface area contributed by atoms with Crippen molar-refractivity contribution < 1.29 is 5.11 Å². The van der Waals surface area contributed by atoms with E-state index in [2.05, 4.69) is 44.7 Å². The minimum absolute atomic E-state index is 0.132. The molecule has 7 heteroatoms. The number of rotatable bonds is 4. The molecule has 0 saturated carbocycles. The summed E-state index contributed by atoms with van der Waals surface area (Å²) in [7, 11) is 0. The fourth-order valence-electron chi connectivity index (χ4n) is 2.55. The molecule has 23 heavy (non-hydrogen) atoms. The lowest BCUT2D eigenvalue weighted by atomic mass is 10.1. The van der Waals surface area contributed by atoms with E-state index in [1.807, 2.05) is 17.9 Å². The highest BCUT2D eigenvalue weighted by Gasteiger charge is 2.13. The fraction of sp³-hybridized carbons (Fsp3) is 0.438. The summed E-state index contributed by atoms with van der Waals surface area (Å²) in [6, 6.07) is 6.28. The summed E-state index contributed by atoms with van der Waals surface area (Å²) in [5.74, 6) is 1.20. The SMILES string of the molecule is CCc1ccc2nc(NC3=NCN(CCO)CN3)nc(C)c2c1. The standard InChI is InChI=1S/C16H22N6O/c1-3-12-4-5-14-13(8-12)11(2)19-16(20-14)21-15-17-9-22(6-7-23)10-18-15/h4-5,8,23H,3,6-7,9-10H2,1-2H3,(H2,17,18,19,20,21). The largest absolute Gasteiger partial charge is 0.395 e. The van der Waals surface area contributed by atoms with Crippen LogP contribution >= 0.6 is 0 Å². The van der Waals surface area contributed by atoms with Crippen molar-refractivity contribution in [2.24, 2.45) is 4.99 Å². The molecule has 0 aliphatic carbocycles. The average molecular weight is 314 g/mol. The molecule has 3 N–H and O–H groups in total. The summed E-state index contributed by atoms with van der Waals surface area (Å²) >= 11 is 0. The van der Waals surface area contributed by atoms with Crippen LogP contribution in [0.1, 0.15) is 18.2 Å². The molecule has 0 spiro atoms. The Morgan fingerprint density at radius 1 is 1.35 bits per heavy atom. The van der Waals surface area contributed by atoms with Crippen molar-refractivity contribution in [2.45, 2.75) is 20.3 Å². The predicted molar refractivity (Wildman–Crippen MR) is 91.4 cm³/mol. The van der Waals surface area contributed by atoms with Gasteiger partial charge in [-0.3, -0.25) is 10.2 Å². The number of nitrogens with zero attached hydrogens (tertiary/aromatic N) is 4. The van der Waals surface area contributed by atoms with Gasteiger partial charge in [0.2, 0.25) is 11.9 Å². The molecule has 0 fully saturated rings. The van der Waals surface area contributed by atoms with Gasteiger partial charge in [-0.1, -0.05) is 13.0 Å². The number of aromatic nitrogens is 2. The van der Waals surface area contributed by atoms with E-state index in [0.29, 0.717) is 31.8 Å². The van der Waals surface area contributed by atoms with Crippen LogP contribution in [0.5, 0.6) is 0 Å². The van der Waals surface area contributed by atoms with Gasteiger partial charge >= 0.3 is 0 Å². The lowest BCUT2D eigenvalue weighted by Crippen LogP contribution is -2.46. The van der Waals surface area contributed by atoms with Crippen LogP contribution < -0.4 is 10.6 Å². The molecule has 1 aliphatic rings. The first-order chi connectivity index (χ1) is 11.2. The van der Waals surface area contributed by atoms with Gasteiger partial charge in [0.15, 0.2) is 0 Å². The molecule has 3 rings (SSSR count). The first kappa shape index (κ1) is 15.6. The molecule has 0 bridgehead atoms. The van der Waals surface area contributed by atoms with E-state index in [4.69, 9.17) is 5.11 Å². The Kier molecular flexibility index (Phi) is 4.68. The van der Waals surface area contributed by atoms with Gasteiger partial charge in [-0.2, -0.15) is 0 Å². The Balaban J connectivity index is 1.79. The molecular formula is C16H22N6O. The number of benzene rings is 1. The maximum atomic E-state index is 8.93. The van der Waals surface area contributed by atoms with Gasteiger partial charge < -0.3 is 10.4 Å². The first-order valence-corrected chi connectivity index (χ1v) is 7.85. The van der Waals surface area contributed by atoms with Crippen molar-refractivity contribution in [1.82, 2.24) is 20.2 Å². The van der Waals surface area contributed by atoms with E-state index in [9.17, 15) is 0 Å². The van der Waals surface area contributed by atoms with E-state index in [-0.39, 0.29) is 6.61 Å². The van der Waals surface area contributed by atoms with Crippen LogP contribution in [0.25, 0.3) is 10.9 Å². The van der Waals surface area contributed by atoms with Crippen LogP contribution in [0.3, 0.4) is 0 Å². The number of anilines is 1. The molecule has 2 aromatic rings. The quantitative estimate of drug-likeness (QED) is 0.783. The molecule has 1 aliphatic heterocycles. The van der Waals surface area contributed by atoms with Crippen molar-refractivity contribution >= 4 is 22.8 Å². The Labute approximate surface area is 135 Å². The first-order valence-electron chi connectivity index (χ1n) is 7.85. The summed E-state index contributed by atoms with van der Waals surface area (Å²) in [6.45, 7) is 6.05. The molecule has 122 valence electrons. The van der Waals surface area contributed by atoms with E-state index in [1.165, 1.54) is 5.56 Å². The van der Waals surface area contributed by atoms with Crippen LogP contribution in [0.4, 0.5) is 5.95 Å². The zero-order valence-electron chi connectivity index (χ0n) is 13.5. The van der Waals surface area contributed by atoms with Crippen LogP contribution in [-0.4, -0.2) is 52.4 Å². The summed E-state index contributed by atoms with van der Waals surface area (Å²) in [5, 5.41) is 16.3. The third kappa shape index (κ3) is 3.57. The molecule has 2 heterocycles. The average Bonchev–Trinajstić information content (AvgIpc) is 2.57. The molecule has 0 unspecified atom stereocenters. The zero-order chi connectivity index (χ0) is 16.2. The Morgan fingerprint density at radius 2 is 2.22 bits per heavy atom. The lowest BCUT2D eigenvalue weighted by molar-refractivity contribution is 0.191. The third-order valence-corrected chi connectivity index (χ3v) is 3.90. The van der Waals surface area contributed by atoms with E-state index in [0.717, 1.165) is 23.0 Å². The van der Waals surface area contributed by atoms with Crippen LogP contribution in [-0.2, 0) is 6.42 Å². The molecule has 1 aromatic heterocycles. The second-order valence-electron chi connectivity index (χ2n) is 5.56. The van der Waals surface area contributed by atoms with Crippen LogP contribution in [0.15, 0.2) is 23.2 Å². The number of fused-ring (bicyclic) bond motifs is 1. The third-order valence-electron chi connectivity index (χ3n) is 3.90. The number of aliphatic hydroxyl groups is 1. The minimum atomic E-state index is 0.132. The minimum Gasteiger partial charge on any atom is -0.395 e. The van der Waals surface area contributed by atoms with Crippen LogP contribution in [0.2, 0.25) is 0 Å². The summed E-state index contributed by atoms with van der Waals surface area (Å²) in [6.07, 6.45) is 1.00. The van der Waals surface area contributed by atoms with E-state index >= 15 is 0 Å². The number of hydrogen-bond donors (Lipinski definition) is 3. The molecule has 0 saturated heterocycles. The second-order valence-corrected chi connectivity index (χ2v) is 5.56. The van der Waals surface area contributed by atoms with Crippen molar-refractivity contribution in [3.63, 3.8) is 0 Å². The predicted octanol–water partition coefficient (Wildman–Crippen LogP) is 1.08. The van der Waals surface area contributed by atoms with Gasteiger partial charge in [0.25, 0.3) is 0 Å². The van der Waals surface area contributed by atoms with Gasteiger partial charge in [-0.15, -0.1) is 0 Å². The topological polar surface area (TPSA) is 85.7 Å². The number of aliphatic hydroxyl groups excluding tert-OH is 1. The van der Waals surface area contributed by atoms with Gasteiger partial charge in [0.05, 0.1) is 31.2 Å². The Bertz CT molecular complexity index is 730. The highest BCUT2D eigenvalue weighted by atomic mass is 16.3. The highest BCUT2D eigenvalue weighted by molar-refractivity contribution is 5.93. The smallest absolute Gasteiger partial charge is 0.230 e.